The number of benzene rings is 2. The van der Waals surface area contributed by atoms with E-state index in [-0.39, 0.29) is 11.1 Å². The minimum atomic E-state index is -0.0952. The normalized spacial score (nSPS) is 17.1. The highest BCUT2D eigenvalue weighted by Gasteiger charge is 2.44. The van der Waals surface area contributed by atoms with Gasteiger partial charge in [0.2, 0.25) is 0 Å². The lowest BCUT2D eigenvalue weighted by molar-refractivity contribution is -0.157. The van der Waals surface area contributed by atoms with Crippen molar-refractivity contribution in [1.82, 2.24) is 14.5 Å². The van der Waals surface area contributed by atoms with Crippen molar-refractivity contribution in [3.8, 4) is 27.6 Å². The van der Waals surface area contributed by atoms with Crippen LogP contribution in [-0.4, -0.2) is 60.0 Å². The lowest BCUT2D eigenvalue weighted by atomic mass is 9.85. The van der Waals surface area contributed by atoms with Crippen molar-refractivity contribution in [2.24, 2.45) is 0 Å². The van der Waals surface area contributed by atoms with Gasteiger partial charge in [0.1, 0.15) is 17.6 Å². The van der Waals surface area contributed by atoms with E-state index in [1.165, 1.54) is 36.2 Å². The van der Waals surface area contributed by atoms with E-state index in [1.54, 1.807) is 18.0 Å². The van der Waals surface area contributed by atoms with E-state index >= 15 is 0 Å². The van der Waals surface area contributed by atoms with E-state index in [2.05, 4.69) is 41.1 Å². The molecule has 2 aromatic heterocycles. The van der Waals surface area contributed by atoms with Crippen LogP contribution in [0.3, 0.4) is 0 Å². The highest BCUT2D eigenvalue weighted by atomic mass is 32.1. The molecule has 0 bridgehead atoms. The van der Waals surface area contributed by atoms with Crippen LogP contribution in [0.25, 0.3) is 26.3 Å². The minimum absolute atomic E-state index is 0.0952. The number of aromatic nitrogens is 2. The molecule has 2 aliphatic rings. The number of nitrogens with zero attached hydrogens (tertiary/aromatic N) is 3. The van der Waals surface area contributed by atoms with Gasteiger partial charge in [-0.2, -0.15) is 0 Å². The van der Waals surface area contributed by atoms with Crippen molar-refractivity contribution >= 4 is 21.6 Å². The fraction of sp³-hybridized carbons (Fsp3) is 0.379. The first-order valence-corrected chi connectivity index (χ1v) is 13.6. The molecule has 8 heteroatoms. The molecule has 7 nitrogen and oxygen atoms in total. The molecule has 1 spiro atoms. The highest BCUT2D eigenvalue weighted by Crippen LogP contribution is 2.35. The number of thiophene rings is 1. The van der Waals surface area contributed by atoms with Crippen LogP contribution in [0.5, 0.6) is 11.5 Å². The molecule has 4 aromatic rings. The Morgan fingerprint density at radius 1 is 1.08 bits per heavy atom. The largest absolute Gasteiger partial charge is 0.493 e. The van der Waals surface area contributed by atoms with E-state index in [4.69, 9.17) is 14.2 Å². The Morgan fingerprint density at radius 3 is 2.68 bits per heavy atom. The zero-order valence-electron chi connectivity index (χ0n) is 21.2. The molecule has 0 atom stereocenters. The molecule has 192 valence electrons. The summed E-state index contributed by atoms with van der Waals surface area (Å²) in [5.41, 5.74) is 3.81. The number of fused-ring (bicyclic) bond motifs is 1. The van der Waals surface area contributed by atoms with Gasteiger partial charge in [-0.15, -0.1) is 11.3 Å². The number of hydrogen-bond acceptors (Lipinski definition) is 7. The van der Waals surface area contributed by atoms with Crippen LogP contribution in [0, 0.1) is 6.92 Å². The number of rotatable bonds is 7. The minimum Gasteiger partial charge on any atom is -0.493 e. The maximum Gasteiger partial charge on any atom is 0.275 e. The van der Waals surface area contributed by atoms with Gasteiger partial charge < -0.3 is 14.2 Å². The lowest BCUT2D eigenvalue weighted by Crippen LogP contribution is -2.64. The molecule has 6 rings (SSSR count). The van der Waals surface area contributed by atoms with E-state index < -0.39 is 0 Å². The van der Waals surface area contributed by atoms with Crippen molar-refractivity contribution in [1.29, 1.82) is 0 Å². The van der Waals surface area contributed by atoms with E-state index in [9.17, 15) is 4.79 Å². The van der Waals surface area contributed by atoms with Crippen molar-refractivity contribution in [2.75, 3.05) is 40.0 Å². The van der Waals surface area contributed by atoms with Gasteiger partial charge in [0.05, 0.1) is 37.1 Å². The van der Waals surface area contributed by atoms with E-state index in [1.807, 2.05) is 24.3 Å². The molecule has 2 saturated heterocycles. The van der Waals surface area contributed by atoms with Gasteiger partial charge in [-0.3, -0.25) is 14.3 Å². The molecule has 0 aliphatic carbocycles. The third kappa shape index (κ3) is 4.54. The second-order valence-corrected chi connectivity index (χ2v) is 11.0. The van der Waals surface area contributed by atoms with Crippen LogP contribution in [-0.2, 0) is 4.74 Å². The highest BCUT2D eigenvalue weighted by molar-refractivity contribution is 7.22. The Bertz CT molecular complexity index is 1470. The summed E-state index contributed by atoms with van der Waals surface area (Å²) >= 11 is 1.47. The van der Waals surface area contributed by atoms with Gasteiger partial charge in [0.15, 0.2) is 11.5 Å². The quantitative estimate of drug-likeness (QED) is 0.341. The Kier molecular flexibility index (Phi) is 6.48. The Balaban J connectivity index is 1.21. The SMILES string of the molecule is COc1cc(-n2cnc3cc(-c4ccc(C)cc4)sc3c2=O)ccc1OCCN1CCCCC12COC2. The number of hydrogen-bond donors (Lipinski definition) is 0. The summed E-state index contributed by atoms with van der Waals surface area (Å²) in [5, 5.41) is 0. The number of likely N-dealkylation sites (tertiary alicyclic amines) is 1. The topological polar surface area (TPSA) is 65.8 Å². The summed E-state index contributed by atoms with van der Waals surface area (Å²) < 4.78 is 19.5. The third-order valence-electron chi connectivity index (χ3n) is 7.55. The van der Waals surface area contributed by atoms with Gasteiger partial charge in [0, 0.05) is 17.5 Å². The molecule has 37 heavy (non-hydrogen) atoms. The second kappa shape index (κ2) is 9.93. The summed E-state index contributed by atoms with van der Waals surface area (Å²) in [6, 6.07) is 15.9. The summed E-state index contributed by atoms with van der Waals surface area (Å²) in [5.74, 6) is 1.26. The van der Waals surface area contributed by atoms with Crippen LogP contribution < -0.4 is 15.0 Å². The Morgan fingerprint density at radius 2 is 1.92 bits per heavy atom. The number of methoxy groups -OCH3 is 1. The lowest BCUT2D eigenvalue weighted by Gasteiger charge is -2.52. The molecule has 0 saturated carbocycles. The maximum absolute atomic E-state index is 13.4. The summed E-state index contributed by atoms with van der Waals surface area (Å²) in [4.78, 5) is 21.5. The van der Waals surface area contributed by atoms with Crippen LogP contribution >= 0.6 is 11.3 Å². The summed E-state index contributed by atoms with van der Waals surface area (Å²) in [6.07, 6.45) is 5.29. The van der Waals surface area contributed by atoms with E-state index in [0.29, 0.717) is 34.0 Å². The molecule has 2 fully saturated rings. The molecular weight excluding hydrogens is 486 g/mol. The van der Waals surface area contributed by atoms with Gasteiger partial charge in [0.25, 0.3) is 5.56 Å². The predicted octanol–water partition coefficient (Wildman–Crippen LogP) is 5.06. The molecular formula is C29H31N3O4S. The average molecular weight is 518 g/mol. The summed E-state index contributed by atoms with van der Waals surface area (Å²) in [6.45, 7) is 6.24. The van der Waals surface area contributed by atoms with Crippen molar-refractivity contribution in [3.05, 3.63) is 70.8 Å². The van der Waals surface area contributed by atoms with Crippen molar-refractivity contribution in [2.45, 2.75) is 31.7 Å². The standard InChI is InChI=1S/C29H31N3O4S/c1-20-5-7-21(8-6-20)26-16-23-27(37-26)28(33)32(19-30-23)22-9-10-24(25(15-22)34-2)36-14-13-31-12-4-3-11-29(31)17-35-18-29/h5-10,15-16,19H,3-4,11-14,17-18H2,1-2H3. The second-order valence-electron chi connectivity index (χ2n) is 9.96. The predicted molar refractivity (Wildman–Crippen MR) is 146 cm³/mol. The van der Waals surface area contributed by atoms with Gasteiger partial charge in [-0.1, -0.05) is 36.2 Å². The molecule has 0 unspecified atom stereocenters. The van der Waals surface area contributed by atoms with Crippen LogP contribution in [0.2, 0.25) is 0 Å². The van der Waals surface area contributed by atoms with Crippen molar-refractivity contribution in [3.63, 3.8) is 0 Å². The fourth-order valence-electron chi connectivity index (χ4n) is 5.31. The molecule has 2 aliphatic heterocycles. The number of ether oxygens (including phenoxy) is 3. The first kappa shape index (κ1) is 24.2. The Labute approximate surface area is 220 Å². The van der Waals surface area contributed by atoms with Crippen LogP contribution in [0.15, 0.2) is 59.7 Å². The average Bonchev–Trinajstić information content (AvgIpc) is 3.34. The van der Waals surface area contributed by atoms with E-state index in [0.717, 1.165) is 36.7 Å². The molecule has 0 N–H and O–H groups in total. The smallest absolute Gasteiger partial charge is 0.275 e. The van der Waals surface area contributed by atoms with Gasteiger partial charge >= 0.3 is 0 Å². The fourth-order valence-corrected chi connectivity index (χ4v) is 6.36. The molecule has 4 heterocycles. The van der Waals surface area contributed by atoms with Crippen LogP contribution in [0.1, 0.15) is 24.8 Å². The zero-order chi connectivity index (χ0) is 25.4. The first-order valence-electron chi connectivity index (χ1n) is 12.8. The maximum atomic E-state index is 13.4. The van der Waals surface area contributed by atoms with Gasteiger partial charge in [-0.25, -0.2) is 4.98 Å². The number of piperidine rings is 1. The van der Waals surface area contributed by atoms with Crippen LogP contribution in [0.4, 0.5) is 0 Å². The molecule has 2 aromatic carbocycles. The monoisotopic (exact) mass is 517 g/mol. The molecule has 0 radical (unpaired) electrons. The summed E-state index contributed by atoms with van der Waals surface area (Å²) in [7, 11) is 1.62. The zero-order valence-corrected chi connectivity index (χ0v) is 22.1. The first-order chi connectivity index (χ1) is 18.1. The Hall–Kier alpha value is -3.20. The number of aryl methyl sites for hydroxylation is 1. The van der Waals surface area contributed by atoms with Gasteiger partial charge in [-0.05, 0) is 50.1 Å². The molecule has 0 amide bonds. The third-order valence-corrected chi connectivity index (χ3v) is 8.71. The van der Waals surface area contributed by atoms with Crippen molar-refractivity contribution < 1.29 is 14.2 Å².